The Morgan fingerprint density at radius 2 is 1.66 bits per heavy atom. The largest absolute Gasteiger partial charge is 0.493 e. The predicted molar refractivity (Wildman–Crippen MR) is 101 cm³/mol. The second-order valence-electron chi connectivity index (χ2n) is 6.07. The van der Waals surface area contributed by atoms with Crippen LogP contribution in [0, 0.1) is 0 Å². The third-order valence-corrected chi connectivity index (χ3v) is 4.37. The van der Waals surface area contributed by atoms with E-state index in [0.717, 1.165) is 4.57 Å². The third-order valence-electron chi connectivity index (χ3n) is 4.37. The number of fused-ring (bicyclic) bond motifs is 1. The molecule has 0 saturated heterocycles. The third kappa shape index (κ3) is 3.80. The molecule has 0 aliphatic heterocycles. The molecule has 1 heterocycles. The molecule has 0 unspecified atom stereocenters. The van der Waals surface area contributed by atoms with Gasteiger partial charge in [0.2, 0.25) is 5.75 Å². The molecule has 0 saturated carbocycles. The van der Waals surface area contributed by atoms with Gasteiger partial charge in [-0.15, -0.1) is 0 Å². The van der Waals surface area contributed by atoms with Crippen molar-refractivity contribution in [3.8, 4) is 17.2 Å². The fourth-order valence-electron chi connectivity index (χ4n) is 3.04. The number of halogens is 2. The molecule has 0 spiro atoms. The lowest BCUT2D eigenvalue weighted by Crippen LogP contribution is -2.15. The molecule has 0 aliphatic rings. The molecule has 0 amide bonds. The minimum atomic E-state index is -2.83. The molecule has 3 rings (SSSR count). The van der Waals surface area contributed by atoms with Crippen LogP contribution in [-0.2, 0) is 4.74 Å². The maximum Gasteiger partial charge on any atom is 0.339 e. The van der Waals surface area contributed by atoms with Crippen molar-refractivity contribution in [2.75, 3.05) is 21.3 Å². The Morgan fingerprint density at radius 3 is 2.21 bits per heavy atom. The standard InChI is InChI=1S/C20H20F2N2O5/c1-11(18-23-13-7-5-6-8-14(13)24(18)20(21)22)29-19(25)12-9-15(26-2)17(28-4)16(10-12)27-3/h5-11,20H,1-4H3/t11-/m1/s1. The summed E-state index contributed by atoms with van der Waals surface area (Å²) < 4.78 is 49.1. The highest BCUT2D eigenvalue weighted by Crippen LogP contribution is 2.38. The summed E-state index contributed by atoms with van der Waals surface area (Å²) in [6.07, 6.45) is -1.03. The number of methoxy groups -OCH3 is 3. The van der Waals surface area contributed by atoms with Crippen LogP contribution in [-0.4, -0.2) is 36.8 Å². The van der Waals surface area contributed by atoms with E-state index in [4.69, 9.17) is 18.9 Å². The number of nitrogens with zero attached hydrogens (tertiary/aromatic N) is 2. The molecular formula is C20H20F2N2O5. The predicted octanol–water partition coefficient (Wildman–Crippen LogP) is 4.38. The van der Waals surface area contributed by atoms with Crippen molar-refractivity contribution >= 4 is 17.0 Å². The lowest BCUT2D eigenvalue weighted by atomic mass is 10.2. The quantitative estimate of drug-likeness (QED) is 0.543. The highest BCUT2D eigenvalue weighted by Gasteiger charge is 2.26. The molecule has 0 bridgehead atoms. The molecule has 29 heavy (non-hydrogen) atoms. The van der Waals surface area contributed by atoms with Crippen molar-refractivity contribution in [1.82, 2.24) is 9.55 Å². The van der Waals surface area contributed by atoms with E-state index >= 15 is 0 Å². The average molecular weight is 406 g/mol. The average Bonchev–Trinajstić information content (AvgIpc) is 3.12. The summed E-state index contributed by atoms with van der Waals surface area (Å²) in [5.74, 6) is 0.0586. The molecule has 1 aromatic heterocycles. The van der Waals surface area contributed by atoms with Gasteiger partial charge in [-0.1, -0.05) is 12.1 Å². The van der Waals surface area contributed by atoms with E-state index in [1.54, 1.807) is 18.2 Å². The Bertz CT molecular complexity index is 1010. The maximum atomic E-state index is 13.6. The second kappa shape index (κ2) is 8.34. The van der Waals surface area contributed by atoms with Gasteiger partial charge in [0, 0.05) is 0 Å². The summed E-state index contributed by atoms with van der Waals surface area (Å²) >= 11 is 0. The fourth-order valence-corrected chi connectivity index (χ4v) is 3.04. The molecule has 3 aromatic rings. The van der Waals surface area contributed by atoms with Gasteiger partial charge >= 0.3 is 12.5 Å². The van der Waals surface area contributed by atoms with Crippen LogP contribution in [0.2, 0.25) is 0 Å². The molecule has 2 aromatic carbocycles. The van der Waals surface area contributed by atoms with E-state index in [1.165, 1.54) is 46.5 Å². The van der Waals surface area contributed by atoms with Crippen molar-refractivity contribution in [3.05, 3.63) is 47.8 Å². The number of imidazole rings is 1. The summed E-state index contributed by atoms with van der Waals surface area (Å²) in [6, 6.07) is 9.33. The smallest absolute Gasteiger partial charge is 0.339 e. The van der Waals surface area contributed by atoms with Gasteiger partial charge in [0.1, 0.15) is 0 Å². The van der Waals surface area contributed by atoms with E-state index in [0.29, 0.717) is 11.3 Å². The molecule has 0 fully saturated rings. The molecule has 1 atom stereocenters. The zero-order valence-electron chi connectivity index (χ0n) is 16.3. The first-order valence-corrected chi connectivity index (χ1v) is 8.67. The van der Waals surface area contributed by atoms with Gasteiger partial charge in [-0.3, -0.25) is 4.57 Å². The number of rotatable bonds is 7. The van der Waals surface area contributed by atoms with Crippen LogP contribution < -0.4 is 14.2 Å². The zero-order chi connectivity index (χ0) is 21.1. The van der Waals surface area contributed by atoms with Crippen LogP contribution in [0.1, 0.15) is 35.8 Å². The van der Waals surface area contributed by atoms with Crippen LogP contribution in [0.4, 0.5) is 8.78 Å². The Balaban J connectivity index is 1.94. The van der Waals surface area contributed by atoms with Crippen molar-refractivity contribution in [2.45, 2.75) is 19.6 Å². The van der Waals surface area contributed by atoms with E-state index in [2.05, 4.69) is 4.98 Å². The lowest BCUT2D eigenvalue weighted by Gasteiger charge is -2.17. The zero-order valence-corrected chi connectivity index (χ0v) is 16.3. The number of alkyl halides is 2. The summed E-state index contributed by atoms with van der Waals surface area (Å²) in [6.45, 7) is -1.35. The van der Waals surface area contributed by atoms with E-state index in [1.807, 2.05) is 0 Å². The first-order chi connectivity index (χ1) is 13.9. The summed E-state index contributed by atoms with van der Waals surface area (Å²) in [7, 11) is 4.27. The van der Waals surface area contributed by atoms with Crippen molar-refractivity contribution in [3.63, 3.8) is 0 Å². The van der Waals surface area contributed by atoms with Gasteiger partial charge in [0.15, 0.2) is 23.4 Å². The first-order valence-electron chi connectivity index (χ1n) is 8.67. The topological polar surface area (TPSA) is 71.8 Å². The van der Waals surface area contributed by atoms with Gasteiger partial charge in [0.25, 0.3) is 0 Å². The minimum absolute atomic E-state index is 0.0537. The van der Waals surface area contributed by atoms with Crippen molar-refractivity contribution in [2.24, 2.45) is 0 Å². The Morgan fingerprint density at radius 1 is 1.03 bits per heavy atom. The number of aromatic nitrogens is 2. The van der Waals surface area contributed by atoms with Crippen molar-refractivity contribution < 1.29 is 32.5 Å². The summed E-state index contributed by atoms with van der Waals surface area (Å²) in [4.78, 5) is 16.9. The van der Waals surface area contributed by atoms with Gasteiger partial charge in [0.05, 0.1) is 37.9 Å². The van der Waals surface area contributed by atoms with Gasteiger partial charge in [-0.2, -0.15) is 8.78 Å². The van der Waals surface area contributed by atoms with E-state index in [9.17, 15) is 13.6 Å². The normalized spacial score (nSPS) is 12.1. The minimum Gasteiger partial charge on any atom is -0.493 e. The number of para-hydroxylation sites is 2. The van der Waals surface area contributed by atoms with Gasteiger partial charge in [-0.25, -0.2) is 9.78 Å². The number of hydrogen-bond donors (Lipinski definition) is 0. The van der Waals surface area contributed by atoms with Crippen LogP contribution >= 0.6 is 0 Å². The number of ether oxygens (including phenoxy) is 4. The molecule has 9 heteroatoms. The highest BCUT2D eigenvalue weighted by atomic mass is 19.3. The Kier molecular flexibility index (Phi) is 5.86. The number of esters is 1. The molecule has 0 N–H and O–H groups in total. The maximum absolute atomic E-state index is 13.6. The molecule has 7 nitrogen and oxygen atoms in total. The number of benzene rings is 2. The van der Waals surface area contributed by atoms with Crippen LogP contribution in [0.3, 0.4) is 0 Å². The van der Waals surface area contributed by atoms with E-state index < -0.39 is 18.6 Å². The summed E-state index contributed by atoms with van der Waals surface area (Å²) in [5.41, 5.74) is 0.762. The van der Waals surface area contributed by atoms with Gasteiger partial charge < -0.3 is 18.9 Å². The molecule has 0 radical (unpaired) electrons. The van der Waals surface area contributed by atoms with Crippen LogP contribution in [0.15, 0.2) is 36.4 Å². The Labute approximate surface area is 165 Å². The summed E-state index contributed by atoms with van der Waals surface area (Å²) in [5, 5.41) is 0. The molecular weight excluding hydrogens is 386 g/mol. The lowest BCUT2D eigenvalue weighted by molar-refractivity contribution is 0.0232. The second-order valence-corrected chi connectivity index (χ2v) is 6.07. The SMILES string of the molecule is COc1cc(C(=O)O[C@H](C)c2nc3ccccc3n2C(F)F)cc(OC)c1OC. The number of carbonyl (C=O) groups excluding carboxylic acids is 1. The fraction of sp³-hybridized carbons (Fsp3) is 0.300. The van der Waals surface area contributed by atoms with E-state index in [-0.39, 0.29) is 28.4 Å². The van der Waals surface area contributed by atoms with Gasteiger partial charge in [-0.05, 0) is 31.2 Å². The Hall–Kier alpha value is -3.36. The first kappa shape index (κ1) is 20.4. The van der Waals surface area contributed by atoms with Crippen LogP contribution in [0.5, 0.6) is 17.2 Å². The molecule has 154 valence electrons. The van der Waals surface area contributed by atoms with Crippen molar-refractivity contribution in [1.29, 1.82) is 0 Å². The number of hydrogen-bond acceptors (Lipinski definition) is 6. The monoisotopic (exact) mass is 406 g/mol. The highest BCUT2D eigenvalue weighted by molar-refractivity contribution is 5.91. The number of carbonyl (C=O) groups is 1. The molecule has 0 aliphatic carbocycles. The van der Waals surface area contributed by atoms with Crippen LogP contribution in [0.25, 0.3) is 11.0 Å².